The van der Waals surface area contributed by atoms with Crippen molar-refractivity contribution in [3.8, 4) is 0 Å². The van der Waals surface area contributed by atoms with Gasteiger partial charge < -0.3 is 10.6 Å². The number of rotatable bonds is 7. The van der Waals surface area contributed by atoms with Crippen molar-refractivity contribution in [2.45, 2.75) is 29.6 Å². The maximum Gasteiger partial charge on any atom is 0.264 e. The molecule has 2 aromatic carbocycles. The van der Waals surface area contributed by atoms with Gasteiger partial charge in [-0.25, -0.2) is 8.42 Å². The molecule has 31 heavy (non-hydrogen) atoms. The number of likely N-dealkylation sites (tertiary alicyclic amines) is 1. The number of nitrogens with zero attached hydrogens (tertiary/aromatic N) is 2. The molecule has 1 heterocycles. The number of benzene rings is 2. The van der Waals surface area contributed by atoms with E-state index < -0.39 is 10.0 Å². The molecule has 1 aliphatic rings. The minimum atomic E-state index is -3.71. The highest BCUT2D eigenvalue weighted by atomic mass is 32.2. The first-order valence-corrected chi connectivity index (χ1v) is 12.8. The second kappa shape index (κ2) is 9.74. The van der Waals surface area contributed by atoms with Crippen LogP contribution in [0.5, 0.6) is 0 Å². The Bertz CT molecular complexity index is 1030. The maximum absolute atomic E-state index is 13.1. The van der Waals surface area contributed by atoms with Crippen LogP contribution < -0.4 is 10.0 Å². The van der Waals surface area contributed by atoms with Crippen LogP contribution in [0.4, 0.5) is 5.69 Å². The molecule has 9 heteroatoms. The third kappa shape index (κ3) is 5.04. The zero-order valence-electron chi connectivity index (χ0n) is 17.7. The van der Waals surface area contributed by atoms with Gasteiger partial charge in [0.2, 0.25) is 5.91 Å². The summed E-state index contributed by atoms with van der Waals surface area (Å²) in [5.41, 5.74) is 6.34. The summed E-state index contributed by atoms with van der Waals surface area (Å²) in [4.78, 5) is 27.0. The van der Waals surface area contributed by atoms with E-state index in [1.54, 1.807) is 72.1 Å². The molecule has 166 valence electrons. The average molecular weight is 462 g/mol. The molecular formula is C22H27N3O4S2. The highest BCUT2D eigenvalue weighted by Gasteiger charge is 2.27. The summed E-state index contributed by atoms with van der Waals surface area (Å²) in [6.45, 7) is 3.00. The number of primary amides is 1. The number of nitrogens with two attached hydrogens (primary N) is 1. The molecular weight excluding hydrogens is 434 g/mol. The van der Waals surface area contributed by atoms with E-state index in [1.807, 2.05) is 6.26 Å². The summed E-state index contributed by atoms with van der Waals surface area (Å²) < 4.78 is 27.6. The van der Waals surface area contributed by atoms with Gasteiger partial charge in [0, 0.05) is 36.0 Å². The molecule has 7 nitrogen and oxygen atoms in total. The Morgan fingerprint density at radius 3 is 2.13 bits per heavy atom. The van der Waals surface area contributed by atoms with Crippen molar-refractivity contribution < 1.29 is 18.0 Å². The fraction of sp³-hybridized carbons (Fsp3) is 0.364. The van der Waals surface area contributed by atoms with Crippen molar-refractivity contribution >= 4 is 39.3 Å². The molecule has 0 aliphatic carbocycles. The first-order chi connectivity index (χ1) is 14.8. The van der Waals surface area contributed by atoms with Crippen LogP contribution in [0.3, 0.4) is 0 Å². The van der Waals surface area contributed by atoms with E-state index in [2.05, 4.69) is 0 Å². The normalized spacial score (nSPS) is 15.0. The lowest BCUT2D eigenvalue weighted by Gasteiger charge is -2.30. The molecule has 1 aliphatic heterocycles. The molecule has 2 amide bonds. The van der Waals surface area contributed by atoms with E-state index in [1.165, 1.54) is 4.31 Å². The van der Waals surface area contributed by atoms with Crippen molar-refractivity contribution in [2.75, 3.05) is 30.2 Å². The second-order valence-corrected chi connectivity index (χ2v) is 10.1. The molecule has 2 N–H and O–H groups in total. The molecule has 0 unspecified atom stereocenters. The van der Waals surface area contributed by atoms with Crippen molar-refractivity contribution in [3.05, 3.63) is 54.1 Å². The van der Waals surface area contributed by atoms with Gasteiger partial charge in [0.15, 0.2) is 0 Å². The molecule has 2 aromatic rings. The van der Waals surface area contributed by atoms with Gasteiger partial charge in [-0.3, -0.25) is 13.9 Å². The van der Waals surface area contributed by atoms with E-state index in [4.69, 9.17) is 5.73 Å². The van der Waals surface area contributed by atoms with Crippen LogP contribution >= 0.6 is 11.8 Å². The molecule has 3 rings (SSSR count). The van der Waals surface area contributed by atoms with E-state index in [9.17, 15) is 18.0 Å². The van der Waals surface area contributed by atoms with Gasteiger partial charge in [0.25, 0.3) is 15.9 Å². The predicted molar refractivity (Wildman–Crippen MR) is 123 cm³/mol. The number of carbonyl (C=O) groups excluding carboxylic acids is 2. The van der Waals surface area contributed by atoms with Gasteiger partial charge >= 0.3 is 0 Å². The number of thioether (sulfide) groups is 1. The lowest BCUT2D eigenvalue weighted by Crippen LogP contribution is -2.41. The SMILES string of the molecule is CCN(c1ccc(C(=O)N2CCC(C(N)=O)CC2)cc1)S(=O)(=O)c1ccc(SC)cc1. The maximum atomic E-state index is 13.1. The first kappa shape index (κ1) is 23.1. The molecule has 0 saturated carbocycles. The highest BCUT2D eigenvalue weighted by Crippen LogP contribution is 2.26. The summed E-state index contributed by atoms with van der Waals surface area (Å²) in [6.07, 6.45) is 3.07. The first-order valence-electron chi connectivity index (χ1n) is 10.1. The lowest BCUT2D eigenvalue weighted by molar-refractivity contribution is -0.123. The van der Waals surface area contributed by atoms with Gasteiger partial charge in [-0.15, -0.1) is 11.8 Å². The smallest absolute Gasteiger partial charge is 0.264 e. The van der Waals surface area contributed by atoms with Crippen molar-refractivity contribution in [3.63, 3.8) is 0 Å². The summed E-state index contributed by atoms with van der Waals surface area (Å²) in [5.74, 6) is -0.631. The van der Waals surface area contributed by atoms with Crippen molar-refractivity contribution in [1.82, 2.24) is 4.90 Å². The van der Waals surface area contributed by atoms with Gasteiger partial charge in [-0.2, -0.15) is 0 Å². The third-order valence-electron chi connectivity index (χ3n) is 5.52. The van der Waals surface area contributed by atoms with Gasteiger partial charge in [0.05, 0.1) is 10.6 Å². The summed E-state index contributed by atoms with van der Waals surface area (Å²) in [7, 11) is -3.71. The number of anilines is 1. The standard InChI is InChI=1S/C22H27N3O4S2/c1-3-25(31(28,29)20-10-8-19(30-2)9-11-20)18-6-4-17(5-7-18)22(27)24-14-12-16(13-15-24)21(23)26/h4-11,16H,3,12-15H2,1-2H3,(H2,23,26). The van der Waals surface area contributed by atoms with E-state index in [-0.39, 0.29) is 29.2 Å². The predicted octanol–water partition coefficient (Wildman–Crippen LogP) is 2.96. The second-order valence-electron chi connectivity index (χ2n) is 7.36. The Balaban J connectivity index is 1.75. The fourth-order valence-electron chi connectivity index (χ4n) is 3.69. The number of hydrogen-bond donors (Lipinski definition) is 1. The van der Waals surface area contributed by atoms with Crippen LogP contribution in [-0.4, -0.2) is 51.0 Å². The van der Waals surface area contributed by atoms with Crippen LogP contribution in [0.25, 0.3) is 0 Å². The monoisotopic (exact) mass is 461 g/mol. The minimum absolute atomic E-state index is 0.131. The quantitative estimate of drug-likeness (QED) is 0.639. The Kier molecular flexibility index (Phi) is 7.27. The van der Waals surface area contributed by atoms with Gasteiger partial charge in [-0.1, -0.05) is 0 Å². The van der Waals surface area contributed by atoms with Crippen molar-refractivity contribution in [1.29, 1.82) is 0 Å². The minimum Gasteiger partial charge on any atom is -0.369 e. The summed E-state index contributed by atoms with van der Waals surface area (Å²) in [5, 5.41) is 0. The summed E-state index contributed by atoms with van der Waals surface area (Å²) >= 11 is 1.55. The van der Waals surface area contributed by atoms with E-state index in [0.717, 1.165) is 4.90 Å². The zero-order chi connectivity index (χ0) is 22.6. The zero-order valence-corrected chi connectivity index (χ0v) is 19.3. The van der Waals surface area contributed by atoms with Crippen LogP contribution in [0, 0.1) is 5.92 Å². The fourth-order valence-corrected chi connectivity index (χ4v) is 5.57. The molecule has 0 aromatic heterocycles. The Labute approximate surface area is 187 Å². The number of hydrogen-bond acceptors (Lipinski definition) is 5. The molecule has 0 atom stereocenters. The highest BCUT2D eigenvalue weighted by molar-refractivity contribution is 7.98. The third-order valence-corrected chi connectivity index (χ3v) is 8.18. The number of carbonyl (C=O) groups is 2. The Morgan fingerprint density at radius 2 is 1.65 bits per heavy atom. The molecule has 0 radical (unpaired) electrons. The average Bonchev–Trinajstić information content (AvgIpc) is 2.79. The topological polar surface area (TPSA) is 101 Å². The molecule has 1 saturated heterocycles. The van der Waals surface area contributed by atoms with Crippen LogP contribution in [0.1, 0.15) is 30.1 Å². The van der Waals surface area contributed by atoms with Crippen LogP contribution in [0.2, 0.25) is 0 Å². The number of piperidine rings is 1. The van der Waals surface area contributed by atoms with E-state index >= 15 is 0 Å². The van der Waals surface area contributed by atoms with E-state index in [0.29, 0.717) is 37.2 Å². The van der Waals surface area contributed by atoms with Crippen molar-refractivity contribution in [2.24, 2.45) is 11.7 Å². The lowest BCUT2D eigenvalue weighted by atomic mass is 9.96. The van der Waals surface area contributed by atoms with Gasteiger partial charge in [-0.05, 0) is 74.6 Å². The number of amides is 2. The molecule has 1 fully saturated rings. The Morgan fingerprint density at radius 1 is 1.06 bits per heavy atom. The van der Waals surface area contributed by atoms with Crippen LogP contribution in [0.15, 0.2) is 58.3 Å². The summed E-state index contributed by atoms with van der Waals surface area (Å²) in [6, 6.07) is 13.4. The van der Waals surface area contributed by atoms with Crippen LogP contribution in [-0.2, 0) is 14.8 Å². The molecule has 0 spiro atoms. The van der Waals surface area contributed by atoms with Gasteiger partial charge in [0.1, 0.15) is 0 Å². The largest absolute Gasteiger partial charge is 0.369 e. The molecule has 0 bridgehead atoms. The Hall–Kier alpha value is -2.52. The number of sulfonamides is 1.